The maximum Gasteiger partial charge on any atom is 0.257 e. The Hall–Kier alpha value is -1.42. The second-order valence-corrected chi connectivity index (χ2v) is 5.27. The molecule has 0 radical (unpaired) electrons. The number of carbonyl (C=O) groups excluding carboxylic acids is 1. The molecule has 0 aromatic heterocycles. The van der Waals surface area contributed by atoms with E-state index in [1.54, 1.807) is 7.05 Å². The number of thiocarbonyl (C=S) groups is 1. The molecule has 0 spiro atoms. The van der Waals surface area contributed by atoms with Crippen LogP contribution in [0.3, 0.4) is 0 Å². The van der Waals surface area contributed by atoms with Crippen molar-refractivity contribution in [3.8, 4) is 0 Å². The van der Waals surface area contributed by atoms with Gasteiger partial charge in [0.25, 0.3) is 5.91 Å². The lowest BCUT2D eigenvalue weighted by Crippen LogP contribution is -2.37. The van der Waals surface area contributed by atoms with Gasteiger partial charge in [0, 0.05) is 12.6 Å². The minimum atomic E-state index is -0.190. The van der Waals surface area contributed by atoms with Gasteiger partial charge in [-0.2, -0.15) is 0 Å². The van der Waals surface area contributed by atoms with Crippen molar-refractivity contribution in [3.05, 3.63) is 35.4 Å². The van der Waals surface area contributed by atoms with E-state index in [2.05, 4.69) is 31.4 Å². The molecule has 1 aromatic rings. The third kappa shape index (κ3) is 3.82. The van der Waals surface area contributed by atoms with Crippen molar-refractivity contribution in [2.24, 2.45) is 0 Å². The topological polar surface area (TPSA) is 41.1 Å². The van der Waals surface area contributed by atoms with E-state index >= 15 is 0 Å². The molecule has 2 N–H and O–H groups in total. The number of rotatable bonds is 1. The second-order valence-electron chi connectivity index (χ2n) is 4.86. The molecule has 17 heavy (non-hydrogen) atoms. The van der Waals surface area contributed by atoms with E-state index in [4.69, 9.17) is 12.2 Å². The van der Waals surface area contributed by atoms with Crippen LogP contribution in [-0.4, -0.2) is 18.1 Å². The van der Waals surface area contributed by atoms with Crippen LogP contribution in [0.15, 0.2) is 24.3 Å². The van der Waals surface area contributed by atoms with E-state index < -0.39 is 0 Å². The van der Waals surface area contributed by atoms with Crippen molar-refractivity contribution >= 4 is 23.2 Å². The van der Waals surface area contributed by atoms with Gasteiger partial charge in [-0.05, 0) is 35.3 Å². The van der Waals surface area contributed by atoms with Gasteiger partial charge in [0.15, 0.2) is 5.11 Å². The Morgan fingerprint density at radius 3 is 2.12 bits per heavy atom. The van der Waals surface area contributed by atoms with Gasteiger partial charge < -0.3 is 5.32 Å². The minimum absolute atomic E-state index is 0.0925. The highest BCUT2D eigenvalue weighted by atomic mass is 32.1. The highest BCUT2D eigenvalue weighted by Gasteiger charge is 2.14. The van der Waals surface area contributed by atoms with Crippen LogP contribution in [-0.2, 0) is 5.41 Å². The van der Waals surface area contributed by atoms with Crippen LogP contribution in [0.4, 0.5) is 0 Å². The molecule has 0 unspecified atom stereocenters. The number of nitrogens with one attached hydrogen (secondary N) is 2. The normalized spacial score (nSPS) is 10.8. The first-order valence-electron chi connectivity index (χ1n) is 5.48. The SMILES string of the molecule is CNC(=S)NC(=O)c1ccc(C(C)(C)C)cc1. The number of hydrogen-bond donors (Lipinski definition) is 2. The molecular formula is C13H18N2OS. The molecule has 1 aromatic carbocycles. The van der Waals surface area contributed by atoms with Crippen molar-refractivity contribution in [1.82, 2.24) is 10.6 Å². The van der Waals surface area contributed by atoms with Crippen LogP contribution in [0.25, 0.3) is 0 Å². The summed E-state index contributed by atoms with van der Waals surface area (Å²) in [5.74, 6) is -0.190. The zero-order valence-corrected chi connectivity index (χ0v) is 11.4. The van der Waals surface area contributed by atoms with Crippen molar-refractivity contribution in [3.63, 3.8) is 0 Å². The average Bonchev–Trinajstić information content (AvgIpc) is 2.27. The van der Waals surface area contributed by atoms with Crippen LogP contribution in [0, 0.1) is 0 Å². The monoisotopic (exact) mass is 250 g/mol. The Labute approximate surface area is 108 Å². The molecule has 0 aliphatic carbocycles. The van der Waals surface area contributed by atoms with Crippen molar-refractivity contribution < 1.29 is 4.79 Å². The zero-order chi connectivity index (χ0) is 13.1. The standard InChI is InChI=1S/C13H18N2OS/c1-13(2,3)10-7-5-9(6-8-10)11(16)15-12(17)14-4/h5-8H,1-4H3,(H2,14,15,16,17). The number of hydrogen-bond acceptors (Lipinski definition) is 2. The summed E-state index contributed by atoms with van der Waals surface area (Å²) in [6, 6.07) is 7.57. The van der Waals surface area contributed by atoms with Crippen molar-refractivity contribution in [2.45, 2.75) is 26.2 Å². The molecule has 0 saturated carbocycles. The fraction of sp³-hybridized carbons (Fsp3) is 0.385. The highest BCUT2D eigenvalue weighted by Crippen LogP contribution is 2.22. The Morgan fingerprint density at radius 1 is 1.18 bits per heavy atom. The summed E-state index contributed by atoms with van der Waals surface area (Å²) in [4.78, 5) is 11.7. The first kappa shape index (κ1) is 13.6. The molecule has 92 valence electrons. The first-order chi connectivity index (χ1) is 7.84. The van der Waals surface area contributed by atoms with E-state index in [0.29, 0.717) is 10.7 Å². The summed E-state index contributed by atoms with van der Waals surface area (Å²) in [5.41, 5.74) is 1.90. The smallest absolute Gasteiger partial charge is 0.257 e. The molecule has 0 fully saturated rings. The average molecular weight is 250 g/mol. The lowest BCUT2D eigenvalue weighted by molar-refractivity contribution is 0.0977. The molecule has 0 aliphatic heterocycles. The molecule has 0 saturated heterocycles. The van der Waals surface area contributed by atoms with E-state index in [1.807, 2.05) is 24.3 Å². The van der Waals surface area contributed by atoms with E-state index in [9.17, 15) is 4.79 Å². The van der Waals surface area contributed by atoms with Crippen LogP contribution in [0.5, 0.6) is 0 Å². The van der Waals surface area contributed by atoms with Crippen LogP contribution >= 0.6 is 12.2 Å². The predicted octanol–water partition coefficient (Wildman–Crippen LogP) is 2.22. The number of amides is 1. The Morgan fingerprint density at radius 2 is 1.71 bits per heavy atom. The maximum absolute atomic E-state index is 11.7. The second kappa shape index (κ2) is 5.27. The van der Waals surface area contributed by atoms with Gasteiger partial charge in [-0.15, -0.1) is 0 Å². The first-order valence-corrected chi connectivity index (χ1v) is 5.89. The Balaban J connectivity index is 2.81. The summed E-state index contributed by atoms with van der Waals surface area (Å²) in [5, 5.41) is 5.61. The molecule has 0 aliphatic rings. The molecule has 0 heterocycles. The van der Waals surface area contributed by atoms with Crippen molar-refractivity contribution in [2.75, 3.05) is 7.05 Å². The summed E-state index contributed by atoms with van der Waals surface area (Å²) in [6.07, 6.45) is 0. The predicted molar refractivity (Wildman–Crippen MR) is 74.3 cm³/mol. The summed E-state index contributed by atoms with van der Waals surface area (Å²) in [6.45, 7) is 6.41. The largest absolute Gasteiger partial charge is 0.365 e. The van der Waals surface area contributed by atoms with Crippen molar-refractivity contribution in [1.29, 1.82) is 0 Å². The molecule has 0 atom stereocenters. The van der Waals surface area contributed by atoms with Gasteiger partial charge in [-0.3, -0.25) is 10.1 Å². The molecule has 4 heteroatoms. The zero-order valence-electron chi connectivity index (χ0n) is 10.6. The highest BCUT2D eigenvalue weighted by molar-refractivity contribution is 7.80. The van der Waals surface area contributed by atoms with E-state index in [-0.39, 0.29) is 11.3 Å². The summed E-state index contributed by atoms with van der Waals surface area (Å²) >= 11 is 4.87. The molecule has 3 nitrogen and oxygen atoms in total. The molecule has 0 bridgehead atoms. The van der Waals surface area contributed by atoms with Gasteiger partial charge in [0.1, 0.15) is 0 Å². The van der Waals surface area contributed by atoms with Gasteiger partial charge in [-0.1, -0.05) is 32.9 Å². The van der Waals surface area contributed by atoms with E-state index in [1.165, 1.54) is 5.56 Å². The van der Waals surface area contributed by atoms with Crippen LogP contribution < -0.4 is 10.6 Å². The van der Waals surface area contributed by atoms with Gasteiger partial charge in [0.05, 0.1) is 0 Å². The van der Waals surface area contributed by atoms with E-state index in [0.717, 1.165) is 0 Å². The van der Waals surface area contributed by atoms with Crippen LogP contribution in [0.2, 0.25) is 0 Å². The molecule has 1 amide bonds. The minimum Gasteiger partial charge on any atom is -0.365 e. The van der Waals surface area contributed by atoms with Crippen LogP contribution in [0.1, 0.15) is 36.7 Å². The molecular weight excluding hydrogens is 232 g/mol. The maximum atomic E-state index is 11.7. The Bertz CT molecular complexity index is 418. The fourth-order valence-electron chi connectivity index (χ4n) is 1.36. The van der Waals surface area contributed by atoms with Gasteiger partial charge >= 0.3 is 0 Å². The third-order valence-corrected chi connectivity index (χ3v) is 2.77. The summed E-state index contributed by atoms with van der Waals surface area (Å²) < 4.78 is 0. The quantitative estimate of drug-likeness (QED) is 0.751. The number of carbonyl (C=O) groups is 1. The number of benzene rings is 1. The lowest BCUT2D eigenvalue weighted by Gasteiger charge is -2.19. The fourth-order valence-corrected chi connectivity index (χ4v) is 1.45. The molecule has 1 rings (SSSR count). The van der Waals surface area contributed by atoms with Gasteiger partial charge in [-0.25, -0.2) is 0 Å². The lowest BCUT2D eigenvalue weighted by atomic mass is 9.87. The Kier molecular flexibility index (Phi) is 4.23. The third-order valence-electron chi connectivity index (χ3n) is 2.47. The summed E-state index contributed by atoms with van der Waals surface area (Å²) in [7, 11) is 1.67. The van der Waals surface area contributed by atoms with Gasteiger partial charge in [0.2, 0.25) is 0 Å².